The Morgan fingerprint density at radius 2 is 1.94 bits per heavy atom. The molecule has 2 fully saturated rings. The summed E-state index contributed by atoms with van der Waals surface area (Å²) in [5, 5.41) is 4.38. The van der Waals surface area contributed by atoms with Crippen molar-refractivity contribution in [3.05, 3.63) is 52.4 Å². The van der Waals surface area contributed by atoms with Gasteiger partial charge in [-0.15, -0.1) is 0 Å². The topological polar surface area (TPSA) is 48.7 Å². The number of amides is 1. The number of carbonyl (C=O) groups excluding carboxylic acids is 1. The van der Waals surface area contributed by atoms with Gasteiger partial charge in [0.25, 0.3) is 5.91 Å². The van der Waals surface area contributed by atoms with E-state index in [9.17, 15) is 4.79 Å². The molecule has 168 valence electrons. The van der Waals surface area contributed by atoms with Gasteiger partial charge in [-0.25, -0.2) is 0 Å². The number of hydrogen-bond donors (Lipinski definition) is 1. The number of hydrogen-bond acceptors (Lipinski definition) is 4. The van der Waals surface area contributed by atoms with Gasteiger partial charge in [0.1, 0.15) is 0 Å². The first-order chi connectivity index (χ1) is 15.0. The van der Waals surface area contributed by atoms with Crippen LogP contribution in [0.3, 0.4) is 0 Å². The lowest BCUT2D eigenvalue weighted by Crippen LogP contribution is -2.52. The quantitative estimate of drug-likeness (QED) is 0.616. The number of halogens is 2. The van der Waals surface area contributed by atoms with E-state index in [4.69, 9.17) is 27.6 Å². The fourth-order valence-electron chi connectivity index (χ4n) is 4.93. The van der Waals surface area contributed by atoms with Crippen LogP contribution in [0.25, 0.3) is 0 Å². The van der Waals surface area contributed by atoms with Gasteiger partial charge in [0.15, 0.2) is 5.76 Å². The summed E-state index contributed by atoms with van der Waals surface area (Å²) < 4.78 is 5.19. The zero-order valence-electron chi connectivity index (χ0n) is 18.0. The Kier molecular flexibility index (Phi) is 7.47. The zero-order chi connectivity index (χ0) is 21.8. The number of furan rings is 1. The predicted molar refractivity (Wildman–Crippen MR) is 126 cm³/mol. The molecule has 0 spiro atoms. The molecular formula is C24H31Cl2N3O2. The maximum atomic E-state index is 12.2. The van der Waals surface area contributed by atoms with Crippen molar-refractivity contribution in [3.8, 4) is 0 Å². The molecule has 1 aliphatic heterocycles. The summed E-state index contributed by atoms with van der Waals surface area (Å²) in [6.07, 6.45) is 7.22. The number of nitrogens with zero attached hydrogens (tertiary/aromatic N) is 2. The molecule has 1 unspecified atom stereocenters. The highest BCUT2D eigenvalue weighted by Gasteiger charge is 2.27. The summed E-state index contributed by atoms with van der Waals surface area (Å²) in [5.41, 5.74) is 1.04. The highest BCUT2D eigenvalue weighted by molar-refractivity contribution is 6.43. The molecule has 7 heteroatoms. The van der Waals surface area contributed by atoms with E-state index in [1.54, 1.807) is 12.1 Å². The van der Waals surface area contributed by atoms with Crippen molar-refractivity contribution < 1.29 is 9.21 Å². The lowest BCUT2D eigenvalue weighted by atomic mass is 9.84. The van der Waals surface area contributed by atoms with E-state index in [2.05, 4.69) is 28.1 Å². The predicted octanol–water partition coefficient (Wildman–Crippen LogP) is 5.48. The number of rotatable bonds is 6. The van der Waals surface area contributed by atoms with Crippen LogP contribution in [0.4, 0.5) is 5.69 Å². The molecule has 2 aliphatic rings. The van der Waals surface area contributed by atoms with Gasteiger partial charge in [-0.2, -0.15) is 0 Å². The molecule has 1 aliphatic carbocycles. The van der Waals surface area contributed by atoms with Gasteiger partial charge in [0.05, 0.1) is 22.0 Å². The van der Waals surface area contributed by atoms with Crippen LogP contribution in [0.15, 0.2) is 41.0 Å². The van der Waals surface area contributed by atoms with Gasteiger partial charge in [-0.05, 0) is 75.8 Å². The van der Waals surface area contributed by atoms with Gasteiger partial charge in [0.2, 0.25) is 0 Å². The van der Waals surface area contributed by atoms with Gasteiger partial charge in [-0.3, -0.25) is 9.69 Å². The number of carbonyl (C=O) groups is 1. The Morgan fingerprint density at radius 1 is 1.13 bits per heavy atom. The molecule has 1 aromatic carbocycles. The maximum absolute atomic E-state index is 12.2. The minimum absolute atomic E-state index is 0.0971. The molecule has 2 heterocycles. The molecule has 0 bridgehead atoms. The standard InChI is InChI=1S/C24H31Cl2N3O2/c1-17-16-28(13-14-29(17)21-5-2-4-20(25)23(21)26)12-11-18-7-9-19(10-8-18)27-24(30)22-6-3-15-31-22/h2-6,15,17-19H,7-14,16H2,1H3,(H,27,30). The van der Waals surface area contributed by atoms with Crippen molar-refractivity contribution in [2.45, 2.75) is 51.1 Å². The maximum Gasteiger partial charge on any atom is 0.287 e. The van der Waals surface area contributed by atoms with Crippen LogP contribution in [0.5, 0.6) is 0 Å². The fourth-order valence-corrected chi connectivity index (χ4v) is 5.34. The monoisotopic (exact) mass is 463 g/mol. The van der Waals surface area contributed by atoms with Crippen molar-refractivity contribution in [1.29, 1.82) is 0 Å². The van der Waals surface area contributed by atoms with E-state index in [0.717, 1.165) is 50.6 Å². The van der Waals surface area contributed by atoms with E-state index in [-0.39, 0.29) is 11.9 Å². The summed E-state index contributed by atoms with van der Waals surface area (Å²) in [5.74, 6) is 1.04. The first-order valence-corrected chi connectivity index (χ1v) is 12.0. The lowest BCUT2D eigenvalue weighted by molar-refractivity contribution is 0.0891. The van der Waals surface area contributed by atoms with Crippen molar-refractivity contribution in [3.63, 3.8) is 0 Å². The third-order valence-electron chi connectivity index (χ3n) is 6.73. The largest absolute Gasteiger partial charge is 0.459 e. The van der Waals surface area contributed by atoms with E-state index >= 15 is 0 Å². The molecule has 2 aromatic rings. The van der Waals surface area contributed by atoms with Crippen LogP contribution in [-0.4, -0.2) is 49.1 Å². The second-order valence-electron chi connectivity index (χ2n) is 8.87. The second-order valence-corrected chi connectivity index (χ2v) is 9.66. The van der Waals surface area contributed by atoms with Crippen molar-refractivity contribution in [2.24, 2.45) is 5.92 Å². The molecule has 31 heavy (non-hydrogen) atoms. The first-order valence-electron chi connectivity index (χ1n) is 11.3. The second kappa shape index (κ2) is 10.3. The number of piperazine rings is 1. The fraction of sp³-hybridized carbons (Fsp3) is 0.542. The van der Waals surface area contributed by atoms with Gasteiger partial charge in [-0.1, -0.05) is 29.3 Å². The van der Waals surface area contributed by atoms with Gasteiger partial charge < -0.3 is 14.6 Å². The molecule has 5 nitrogen and oxygen atoms in total. The Hall–Kier alpha value is -1.69. The van der Waals surface area contributed by atoms with Crippen molar-refractivity contribution >= 4 is 34.8 Å². The highest BCUT2D eigenvalue weighted by Crippen LogP contribution is 2.34. The van der Waals surface area contributed by atoms with E-state index < -0.39 is 0 Å². The zero-order valence-corrected chi connectivity index (χ0v) is 19.5. The number of nitrogens with one attached hydrogen (secondary N) is 1. The Labute approximate surface area is 194 Å². The summed E-state index contributed by atoms with van der Waals surface area (Å²) in [6, 6.07) is 9.99. The molecule has 4 rings (SSSR count). The van der Waals surface area contributed by atoms with E-state index in [1.807, 2.05) is 12.1 Å². The number of benzene rings is 1. The Balaban J connectivity index is 1.19. The lowest BCUT2D eigenvalue weighted by Gasteiger charge is -2.42. The summed E-state index contributed by atoms with van der Waals surface area (Å²) in [7, 11) is 0. The summed E-state index contributed by atoms with van der Waals surface area (Å²) >= 11 is 12.7. The average Bonchev–Trinajstić information content (AvgIpc) is 3.31. The molecular weight excluding hydrogens is 433 g/mol. The third kappa shape index (κ3) is 5.57. The molecule has 1 saturated heterocycles. The van der Waals surface area contributed by atoms with Crippen molar-refractivity contribution in [2.75, 3.05) is 31.1 Å². The third-order valence-corrected chi connectivity index (χ3v) is 7.54. The summed E-state index contributed by atoms with van der Waals surface area (Å²) in [4.78, 5) is 17.1. The minimum atomic E-state index is -0.0971. The molecule has 0 radical (unpaired) electrons. The molecule has 1 N–H and O–H groups in total. The summed E-state index contributed by atoms with van der Waals surface area (Å²) in [6.45, 7) is 6.44. The van der Waals surface area contributed by atoms with Crippen LogP contribution < -0.4 is 10.2 Å². The van der Waals surface area contributed by atoms with E-state index in [0.29, 0.717) is 21.8 Å². The first kappa shape index (κ1) is 22.5. The minimum Gasteiger partial charge on any atom is -0.459 e. The van der Waals surface area contributed by atoms with Crippen molar-refractivity contribution in [1.82, 2.24) is 10.2 Å². The van der Waals surface area contributed by atoms with Crippen LogP contribution >= 0.6 is 23.2 Å². The van der Waals surface area contributed by atoms with Crippen LogP contribution in [0, 0.1) is 5.92 Å². The van der Waals surface area contributed by atoms with Crippen LogP contribution in [0.1, 0.15) is 49.6 Å². The average molecular weight is 464 g/mol. The Bertz CT molecular complexity index is 866. The molecule has 1 saturated carbocycles. The smallest absolute Gasteiger partial charge is 0.287 e. The van der Waals surface area contributed by atoms with Crippen LogP contribution in [0.2, 0.25) is 10.0 Å². The van der Waals surface area contributed by atoms with Gasteiger partial charge in [0, 0.05) is 31.7 Å². The van der Waals surface area contributed by atoms with Gasteiger partial charge >= 0.3 is 0 Å². The molecule has 1 amide bonds. The van der Waals surface area contributed by atoms with Crippen LogP contribution in [-0.2, 0) is 0 Å². The molecule has 1 atom stereocenters. The Morgan fingerprint density at radius 3 is 2.65 bits per heavy atom. The highest BCUT2D eigenvalue weighted by atomic mass is 35.5. The molecule has 1 aromatic heterocycles. The van der Waals surface area contributed by atoms with E-state index in [1.165, 1.54) is 25.5 Å². The normalized spacial score (nSPS) is 24.9. The number of anilines is 1. The SMILES string of the molecule is CC1CN(CCC2CCC(NC(=O)c3ccco3)CC2)CCN1c1cccc(Cl)c1Cl.